The summed E-state index contributed by atoms with van der Waals surface area (Å²) in [5.74, 6) is 1.38. The molecule has 1 heterocycles. The number of carbonyl (C=O) groups excluding carboxylic acids is 1. The van der Waals surface area contributed by atoms with Gasteiger partial charge in [0.05, 0.1) is 13.7 Å². The lowest BCUT2D eigenvalue weighted by atomic mass is 10.0. The fourth-order valence-electron chi connectivity index (χ4n) is 3.53. The Morgan fingerprint density at radius 1 is 1.19 bits per heavy atom. The maximum Gasteiger partial charge on any atom is 0.274 e. The van der Waals surface area contributed by atoms with Gasteiger partial charge in [-0.2, -0.15) is 0 Å². The highest BCUT2D eigenvalue weighted by Crippen LogP contribution is 2.28. The molecule has 1 saturated carbocycles. The molecule has 0 spiro atoms. The van der Waals surface area contributed by atoms with Crippen LogP contribution in [0.15, 0.2) is 47.4 Å². The van der Waals surface area contributed by atoms with E-state index < -0.39 is 0 Å². The van der Waals surface area contributed by atoms with Gasteiger partial charge in [0.2, 0.25) is 5.91 Å². The van der Waals surface area contributed by atoms with Crippen molar-refractivity contribution in [2.45, 2.75) is 45.1 Å². The van der Waals surface area contributed by atoms with Crippen molar-refractivity contribution in [3.05, 3.63) is 58.5 Å². The van der Waals surface area contributed by atoms with E-state index in [1.165, 1.54) is 25.7 Å². The van der Waals surface area contributed by atoms with Crippen LogP contribution in [-0.4, -0.2) is 17.6 Å². The maximum atomic E-state index is 12.6. The highest BCUT2D eigenvalue weighted by Gasteiger charge is 2.16. The van der Waals surface area contributed by atoms with Gasteiger partial charge in [-0.1, -0.05) is 37.8 Å². The number of nitrogens with one attached hydrogen (secondary N) is 1. The molecule has 3 rings (SSSR count). The van der Waals surface area contributed by atoms with E-state index in [1.807, 2.05) is 24.3 Å². The van der Waals surface area contributed by atoms with Crippen molar-refractivity contribution in [2.24, 2.45) is 5.92 Å². The van der Waals surface area contributed by atoms with Gasteiger partial charge < -0.3 is 14.6 Å². The number of carbonyl (C=O) groups is 1. The molecule has 1 aliphatic rings. The van der Waals surface area contributed by atoms with E-state index in [-0.39, 0.29) is 11.5 Å². The van der Waals surface area contributed by atoms with Gasteiger partial charge >= 0.3 is 0 Å². The Morgan fingerprint density at radius 3 is 2.62 bits per heavy atom. The van der Waals surface area contributed by atoms with Crippen molar-refractivity contribution in [2.75, 3.05) is 12.4 Å². The molecule has 0 bridgehead atoms. The van der Waals surface area contributed by atoms with Gasteiger partial charge in [-0.15, -0.1) is 0 Å². The van der Waals surface area contributed by atoms with Gasteiger partial charge in [-0.05, 0) is 42.2 Å². The number of methoxy groups -OCH3 is 1. The van der Waals surface area contributed by atoms with Crippen LogP contribution in [0, 0.1) is 5.92 Å². The Kier molecular flexibility index (Phi) is 6.10. The molecule has 1 N–H and O–H groups in total. The van der Waals surface area contributed by atoms with Crippen LogP contribution in [0.25, 0.3) is 0 Å². The first kappa shape index (κ1) is 18.2. The normalized spacial score (nSPS) is 14.3. The first-order chi connectivity index (χ1) is 12.7. The summed E-state index contributed by atoms with van der Waals surface area (Å²) in [5, 5.41) is 2.79. The molecule has 1 amide bonds. The molecule has 5 heteroatoms. The third-order valence-corrected chi connectivity index (χ3v) is 5.06. The Balaban J connectivity index is 1.62. The number of anilines is 1. The number of hydrogen-bond donors (Lipinski definition) is 1. The first-order valence-corrected chi connectivity index (χ1v) is 9.28. The summed E-state index contributed by atoms with van der Waals surface area (Å²) in [7, 11) is 1.62. The number of rotatable bonds is 7. The quantitative estimate of drug-likeness (QED) is 0.822. The number of benzene rings is 1. The Morgan fingerprint density at radius 2 is 1.92 bits per heavy atom. The summed E-state index contributed by atoms with van der Waals surface area (Å²) in [6.45, 7) is 0.453. The van der Waals surface area contributed by atoms with Crippen LogP contribution in [0.1, 0.15) is 44.1 Å². The molecule has 1 aromatic carbocycles. The van der Waals surface area contributed by atoms with Crippen LogP contribution in [0.5, 0.6) is 5.75 Å². The summed E-state index contributed by atoms with van der Waals surface area (Å²) < 4.78 is 6.76. The lowest BCUT2D eigenvalue weighted by Gasteiger charge is -2.11. The molecule has 138 valence electrons. The van der Waals surface area contributed by atoms with Crippen LogP contribution >= 0.6 is 0 Å². The second kappa shape index (κ2) is 8.70. The summed E-state index contributed by atoms with van der Waals surface area (Å²) in [6, 6.07) is 11.1. The third kappa shape index (κ3) is 4.75. The average Bonchev–Trinajstić information content (AvgIpc) is 3.17. The molecule has 0 atom stereocenters. The topological polar surface area (TPSA) is 60.3 Å². The fraction of sp³-hybridized carbons (Fsp3) is 0.429. The van der Waals surface area contributed by atoms with Gasteiger partial charge in [-0.25, -0.2) is 0 Å². The SMILES string of the molecule is COc1ccc(Cn2cccc(NC(=O)CCC3CCCC3)c2=O)cc1. The highest BCUT2D eigenvalue weighted by molar-refractivity contribution is 5.90. The lowest BCUT2D eigenvalue weighted by Crippen LogP contribution is -2.25. The highest BCUT2D eigenvalue weighted by atomic mass is 16.5. The van der Waals surface area contributed by atoms with Gasteiger partial charge in [0.1, 0.15) is 11.4 Å². The number of nitrogens with zero attached hydrogens (tertiary/aromatic N) is 1. The Labute approximate surface area is 154 Å². The van der Waals surface area contributed by atoms with Crippen LogP contribution in [0.2, 0.25) is 0 Å². The first-order valence-electron chi connectivity index (χ1n) is 9.28. The average molecular weight is 354 g/mol. The van der Waals surface area contributed by atoms with Crippen molar-refractivity contribution in [3.8, 4) is 5.75 Å². The third-order valence-electron chi connectivity index (χ3n) is 5.06. The van der Waals surface area contributed by atoms with E-state index in [1.54, 1.807) is 30.0 Å². The predicted molar refractivity (Wildman–Crippen MR) is 103 cm³/mol. The van der Waals surface area contributed by atoms with Gasteiger partial charge in [-0.3, -0.25) is 9.59 Å². The van der Waals surface area contributed by atoms with Gasteiger partial charge in [0.15, 0.2) is 0 Å². The molecular weight excluding hydrogens is 328 g/mol. The molecule has 1 fully saturated rings. The van der Waals surface area contributed by atoms with Gasteiger partial charge in [0.25, 0.3) is 5.56 Å². The van der Waals surface area contributed by atoms with Crippen molar-refractivity contribution < 1.29 is 9.53 Å². The van der Waals surface area contributed by atoms with E-state index in [4.69, 9.17) is 4.74 Å². The molecule has 0 unspecified atom stereocenters. The molecule has 0 radical (unpaired) electrons. The Bertz CT molecular complexity index is 790. The summed E-state index contributed by atoms with van der Waals surface area (Å²) in [4.78, 5) is 24.8. The predicted octanol–water partition coefficient (Wildman–Crippen LogP) is 3.81. The molecule has 1 aliphatic carbocycles. The number of hydrogen-bond acceptors (Lipinski definition) is 3. The number of pyridine rings is 1. The second-order valence-corrected chi connectivity index (χ2v) is 6.94. The van der Waals surface area contributed by atoms with Crippen LogP contribution in [-0.2, 0) is 11.3 Å². The van der Waals surface area contributed by atoms with E-state index >= 15 is 0 Å². The van der Waals surface area contributed by atoms with Crippen molar-refractivity contribution in [1.82, 2.24) is 4.57 Å². The van der Waals surface area contributed by atoms with E-state index in [2.05, 4.69) is 5.32 Å². The number of ether oxygens (including phenoxy) is 1. The molecular formula is C21H26N2O3. The number of amides is 1. The summed E-state index contributed by atoms with van der Waals surface area (Å²) in [5.41, 5.74) is 1.16. The molecule has 26 heavy (non-hydrogen) atoms. The Hall–Kier alpha value is -2.56. The molecule has 0 aliphatic heterocycles. The van der Waals surface area contributed by atoms with Crippen molar-refractivity contribution >= 4 is 11.6 Å². The van der Waals surface area contributed by atoms with E-state index in [9.17, 15) is 9.59 Å². The zero-order valence-corrected chi connectivity index (χ0v) is 15.2. The minimum atomic E-state index is -0.183. The summed E-state index contributed by atoms with van der Waals surface area (Å²) >= 11 is 0. The standard InChI is InChI=1S/C21H26N2O3/c1-26-18-11-8-17(9-12-18)15-23-14-4-7-19(21(23)25)22-20(24)13-10-16-5-2-3-6-16/h4,7-9,11-12,14,16H,2-3,5-6,10,13,15H2,1H3,(H,22,24). The van der Waals surface area contributed by atoms with Crippen LogP contribution in [0.3, 0.4) is 0 Å². The van der Waals surface area contributed by atoms with Gasteiger partial charge in [0, 0.05) is 12.6 Å². The monoisotopic (exact) mass is 354 g/mol. The zero-order valence-electron chi connectivity index (χ0n) is 15.2. The minimum absolute atomic E-state index is 0.0730. The van der Waals surface area contributed by atoms with E-state index in [0.717, 1.165) is 17.7 Å². The minimum Gasteiger partial charge on any atom is -0.497 e. The largest absolute Gasteiger partial charge is 0.497 e. The number of aromatic nitrogens is 1. The lowest BCUT2D eigenvalue weighted by molar-refractivity contribution is -0.116. The maximum absolute atomic E-state index is 12.6. The zero-order chi connectivity index (χ0) is 18.4. The van der Waals surface area contributed by atoms with Crippen molar-refractivity contribution in [1.29, 1.82) is 0 Å². The smallest absolute Gasteiger partial charge is 0.274 e. The molecule has 1 aromatic heterocycles. The van der Waals surface area contributed by atoms with Crippen LogP contribution < -0.4 is 15.6 Å². The molecule has 2 aromatic rings. The summed E-state index contributed by atoms with van der Waals surface area (Å²) in [6.07, 6.45) is 8.15. The fourth-order valence-corrected chi connectivity index (χ4v) is 3.53. The second-order valence-electron chi connectivity index (χ2n) is 6.94. The van der Waals surface area contributed by atoms with E-state index in [0.29, 0.717) is 24.6 Å². The molecule has 5 nitrogen and oxygen atoms in total. The van der Waals surface area contributed by atoms with Crippen molar-refractivity contribution in [3.63, 3.8) is 0 Å². The molecule has 0 saturated heterocycles. The van der Waals surface area contributed by atoms with Crippen LogP contribution in [0.4, 0.5) is 5.69 Å².